The maximum absolute atomic E-state index is 4.50. The van der Waals surface area contributed by atoms with E-state index in [9.17, 15) is 0 Å². The van der Waals surface area contributed by atoms with Crippen LogP contribution in [0.15, 0.2) is 24.7 Å². The summed E-state index contributed by atoms with van der Waals surface area (Å²) in [5.41, 5.74) is 0. The molecule has 2 aromatic heterocycles. The Labute approximate surface area is 124 Å². The number of thiazole rings is 1. The first-order chi connectivity index (χ1) is 9.72. The van der Waals surface area contributed by atoms with Crippen LogP contribution in [-0.4, -0.2) is 33.9 Å². The molecule has 0 unspecified atom stereocenters. The maximum atomic E-state index is 4.50. The van der Waals surface area contributed by atoms with Crippen molar-refractivity contribution in [1.29, 1.82) is 0 Å². The summed E-state index contributed by atoms with van der Waals surface area (Å²) >= 11 is 1.77. The molecule has 0 aliphatic rings. The van der Waals surface area contributed by atoms with Crippen LogP contribution in [0.25, 0.3) is 0 Å². The van der Waals surface area contributed by atoms with Gasteiger partial charge in [0.25, 0.3) is 0 Å². The van der Waals surface area contributed by atoms with E-state index in [-0.39, 0.29) is 0 Å². The van der Waals surface area contributed by atoms with E-state index in [2.05, 4.69) is 41.1 Å². The lowest BCUT2D eigenvalue weighted by atomic mass is 10.3. The Kier molecular flexibility index (Phi) is 5.55. The van der Waals surface area contributed by atoms with Gasteiger partial charge in [-0.2, -0.15) is 5.10 Å². The van der Waals surface area contributed by atoms with Gasteiger partial charge in [0.05, 0.1) is 6.54 Å². The van der Waals surface area contributed by atoms with E-state index in [1.807, 2.05) is 29.3 Å². The first-order valence-electron chi connectivity index (χ1n) is 7.13. The molecule has 0 radical (unpaired) electrons. The minimum atomic E-state index is 0.383. The second kappa shape index (κ2) is 7.40. The Hall–Kier alpha value is -1.40. The Balaban J connectivity index is 1.81. The van der Waals surface area contributed by atoms with Crippen LogP contribution in [0.1, 0.15) is 25.6 Å². The average Bonchev–Trinajstić information content (AvgIpc) is 3.10. The molecular weight excluding hydrogens is 270 g/mol. The highest BCUT2D eigenvalue weighted by Gasteiger charge is 2.09. The van der Waals surface area contributed by atoms with Gasteiger partial charge in [-0.15, -0.1) is 11.3 Å². The van der Waals surface area contributed by atoms with Crippen LogP contribution in [0.3, 0.4) is 0 Å². The van der Waals surface area contributed by atoms with Crippen LogP contribution in [0, 0.1) is 0 Å². The molecule has 20 heavy (non-hydrogen) atoms. The van der Waals surface area contributed by atoms with Gasteiger partial charge in [-0.25, -0.2) is 4.98 Å². The molecule has 0 spiro atoms. The van der Waals surface area contributed by atoms with E-state index in [4.69, 9.17) is 0 Å². The first-order valence-corrected chi connectivity index (χ1v) is 7.95. The highest BCUT2D eigenvalue weighted by Crippen LogP contribution is 2.22. The molecule has 0 aromatic carbocycles. The number of anilines is 1. The molecule has 1 N–H and O–H groups in total. The van der Waals surface area contributed by atoms with Crippen LogP contribution in [0.4, 0.5) is 5.13 Å². The first kappa shape index (κ1) is 15.0. The number of aromatic nitrogens is 3. The van der Waals surface area contributed by atoms with Gasteiger partial charge in [-0.05, 0) is 26.8 Å². The van der Waals surface area contributed by atoms with E-state index in [1.54, 1.807) is 11.3 Å². The summed E-state index contributed by atoms with van der Waals surface area (Å²) in [5, 5.41) is 8.85. The van der Waals surface area contributed by atoms with Crippen LogP contribution < -0.4 is 10.2 Å². The zero-order valence-corrected chi connectivity index (χ0v) is 13.2. The molecule has 0 bridgehead atoms. The minimum absolute atomic E-state index is 0.383. The average molecular weight is 293 g/mol. The fraction of sp³-hybridized carbons (Fsp3) is 0.571. The monoisotopic (exact) mass is 293 g/mol. The van der Waals surface area contributed by atoms with E-state index in [0.717, 1.165) is 31.3 Å². The molecule has 5 nitrogen and oxygen atoms in total. The molecule has 6 heteroatoms. The normalized spacial score (nSPS) is 12.6. The second-order valence-corrected chi connectivity index (χ2v) is 5.89. The van der Waals surface area contributed by atoms with Crippen molar-refractivity contribution in [3.8, 4) is 0 Å². The fourth-order valence-corrected chi connectivity index (χ4v) is 3.04. The third-order valence-corrected chi connectivity index (χ3v) is 4.28. The maximum Gasteiger partial charge on any atom is 0.185 e. The van der Waals surface area contributed by atoms with Gasteiger partial charge in [0.2, 0.25) is 0 Å². The highest BCUT2D eigenvalue weighted by atomic mass is 32.1. The summed E-state index contributed by atoms with van der Waals surface area (Å²) < 4.78 is 1.95. The van der Waals surface area contributed by atoms with E-state index in [1.165, 1.54) is 4.88 Å². The molecule has 2 rings (SSSR count). The summed E-state index contributed by atoms with van der Waals surface area (Å²) in [5.74, 6) is 0. The van der Waals surface area contributed by atoms with Crippen molar-refractivity contribution < 1.29 is 0 Å². The van der Waals surface area contributed by atoms with Crippen molar-refractivity contribution in [1.82, 2.24) is 20.1 Å². The molecular formula is C14H23N5S. The van der Waals surface area contributed by atoms with Crippen molar-refractivity contribution in [3.05, 3.63) is 29.5 Å². The topological polar surface area (TPSA) is 46.0 Å². The smallest absolute Gasteiger partial charge is 0.185 e. The van der Waals surface area contributed by atoms with Crippen molar-refractivity contribution in [3.63, 3.8) is 0 Å². The van der Waals surface area contributed by atoms with E-state index < -0.39 is 0 Å². The molecule has 0 saturated carbocycles. The summed E-state index contributed by atoms with van der Waals surface area (Å²) in [6.45, 7) is 10.3. The Bertz CT molecular complexity index is 489. The predicted octanol–water partition coefficient (Wildman–Crippen LogP) is 2.36. The molecule has 0 saturated heterocycles. The van der Waals surface area contributed by atoms with Gasteiger partial charge in [0.1, 0.15) is 0 Å². The van der Waals surface area contributed by atoms with Gasteiger partial charge in [-0.1, -0.05) is 0 Å². The van der Waals surface area contributed by atoms with Crippen LogP contribution in [0.5, 0.6) is 0 Å². The van der Waals surface area contributed by atoms with E-state index >= 15 is 0 Å². The molecule has 110 valence electrons. The Morgan fingerprint density at radius 3 is 2.85 bits per heavy atom. The molecule has 2 heterocycles. The minimum Gasteiger partial charge on any atom is -0.349 e. The number of hydrogen-bond acceptors (Lipinski definition) is 5. The van der Waals surface area contributed by atoms with Crippen LogP contribution in [-0.2, 0) is 13.1 Å². The molecule has 0 amide bonds. The largest absolute Gasteiger partial charge is 0.349 e. The molecule has 0 fully saturated rings. The lowest BCUT2D eigenvalue weighted by molar-refractivity contribution is 0.452. The van der Waals surface area contributed by atoms with E-state index in [0.29, 0.717) is 6.04 Å². The molecule has 0 aliphatic heterocycles. The number of hydrogen-bond donors (Lipinski definition) is 1. The summed E-state index contributed by atoms with van der Waals surface area (Å²) in [6.07, 6.45) is 5.78. The lowest BCUT2D eigenvalue weighted by Gasteiger charge is -2.16. The molecule has 2 aromatic rings. The number of nitrogens with zero attached hydrogens (tertiary/aromatic N) is 4. The predicted molar refractivity (Wildman–Crippen MR) is 84.2 cm³/mol. The zero-order chi connectivity index (χ0) is 14.4. The Morgan fingerprint density at radius 1 is 1.40 bits per heavy atom. The van der Waals surface area contributed by atoms with Gasteiger partial charge in [0.15, 0.2) is 5.13 Å². The summed E-state index contributed by atoms with van der Waals surface area (Å²) in [6, 6.07) is 2.33. The van der Waals surface area contributed by atoms with Crippen molar-refractivity contribution in [2.45, 2.75) is 39.9 Å². The molecule has 0 aliphatic carbocycles. The van der Waals surface area contributed by atoms with Crippen LogP contribution in [0.2, 0.25) is 0 Å². The van der Waals surface area contributed by atoms with Gasteiger partial charge < -0.3 is 10.2 Å². The SMILES string of the molecule is CCN(CC)c1ncc(CN[C@H](C)Cn2cccn2)s1. The zero-order valence-electron chi connectivity index (χ0n) is 12.4. The third kappa shape index (κ3) is 4.05. The van der Waals surface area contributed by atoms with Gasteiger partial charge >= 0.3 is 0 Å². The number of rotatable bonds is 8. The molecule has 1 atom stereocenters. The van der Waals surface area contributed by atoms with Gasteiger partial charge in [-0.3, -0.25) is 4.68 Å². The highest BCUT2D eigenvalue weighted by molar-refractivity contribution is 7.15. The quantitative estimate of drug-likeness (QED) is 0.811. The number of nitrogens with one attached hydrogen (secondary N) is 1. The van der Waals surface area contributed by atoms with Gasteiger partial charge in [0, 0.05) is 49.1 Å². The third-order valence-electron chi connectivity index (χ3n) is 3.22. The standard InChI is InChI=1S/C14H23N5S/c1-4-18(5-2)14-16-10-13(20-14)9-15-12(3)11-19-8-6-7-17-19/h6-8,10,12,15H,4-5,9,11H2,1-3H3/t12-/m1/s1. The van der Waals surface area contributed by atoms with Crippen molar-refractivity contribution in [2.75, 3.05) is 18.0 Å². The van der Waals surface area contributed by atoms with Crippen molar-refractivity contribution in [2.24, 2.45) is 0 Å². The lowest BCUT2D eigenvalue weighted by Crippen LogP contribution is -2.29. The van der Waals surface area contributed by atoms with Crippen molar-refractivity contribution >= 4 is 16.5 Å². The summed E-state index contributed by atoms with van der Waals surface area (Å²) in [7, 11) is 0. The summed E-state index contributed by atoms with van der Waals surface area (Å²) in [4.78, 5) is 8.05. The van der Waals surface area contributed by atoms with Crippen LogP contribution >= 0.6 is 11.3 Å². The fourth-order valence-electron chi connectivity index (χ4n) is 2.05. The second-order valence-electron chi connectivity index (χ2n) is 4.79. The Morgan fingerprint density at radius 2 is 2.20 bits per heavy atom.